The van der Waals surface area contributed by atoms with Crippen LogP contribution in [0.5, 0.6) is 0 Å². The molecule has 6 nitrogen and oxygen atoms in total. The van der Waals surface area contributed by atoms with Gasteiger partial charge in [0.2, 0.25) is 5.91 Å². The Hall–Kier alpha value is -1.85. The molecule has 0 fully saturated rings. The fraction of sp³-hybridized carbons (Fsp3) is 0.545. The van der Waals surface area contributed by atoms with E-state index in [1.807, 2.05) is 20.8 Å². The quantitative estimate of drug-likeness (QED) is 0.702. The van der Waals surface area contributed by atoms with Crippen LogP contribution >= 0.6 is 0 Å². The van der Waals surface area contributed by atoms with Crippen LogP contribution in [0.4, 0.5) is 11.6 Å². The maximum atomic E-state index is 11.3. The molecule has 1 heterocycles. The lowest BCUT2D eigenvalue weighted by Crippen LogP contribution is -2.40. The first-order valence-electron chi connectivity index (χ1n) is 5.52. The van der Waals surface area contributed by atoms with Gasteiger partial charge in [0.15, 0.2) is 0 Å². The molecule has 0 aromatic carbocycles. The molecule has 0 radical (unpaired) electrons. The third kappa shape index (κ3) is 3.05. The topological polar surface area (TPSA) is 92.9 Å². The van der Waals surface area contributed by atoms with Crippen LogP contribution in [0.3, 0.4) is 0 Å². The predicted octanol–water partition coefficient (Wildman–Crippen LogP) is 0.749. The van der Waals surface area contributed by atoms with Gasteiger partial charge in [0, 0.05) is 12.6 Å². The average Bonchev–Trinajstić information content (AvgIpc) is 2.26. The van der Waals surface area contributed by atoms with Crippen LogP contribution in [-0.2, 0) is 4.79 Å². The van der Waals surface area contributed by atoms with E-state index < -0.39 is 6.04 Å². The largest absolute Gasteiger partial charge is 0.373 e. The molecule has 1 rings (SSSR count). The molecule has 17 heavy (non-hydrogen) atoms. The van der Waals surface area contributed by atoms with Gasteiger partial charge < -0.3 is 16.4 Å². The van der Waals surface area contributed by atoms with Crippen LogP contribution in [-0.4, -0.2) is 29.0 Å². The SMILES string of the molecule is CNc1ncnc(NC(C(N)=O)C(C)C)c1C. The molecule has 1 unspecified atom stereocenters. The molecule has 1 aromatic rings. The van der Waals surface area contributed by atoms with Crippen molar-refractivity contribution in [1.29, 1.82) is 0 Å². The minimum Gasteiger partial charge on any atom is -0.373 e. The van der Waals surface area contributed by atoms with E-state index in [0.717, 1.165) is 11.4 Å². The number of carbonyl (C=O) groups is 1. The number of nitrogens with one attached hydrogen (secondary N) is 2. The Morgan fingerprint density at radius 1 is 1.35 bits per heavy atom. The van der Waals surface area contributed by atoms with E-state index in [4.69, 9.17) is 5.73 Å². The van der Waals surface area contributed by atoms with Crippen molar-refractivity contribution in [3.05, 3.63) is 11.9 Å². The summed E-state index contributed by atoms with van der Waals surface area (Å²) in [5.74, 6) is 1.07. The molecule has 0 spiro atoms. The Kier molecular flexibility index (Phi) is 4.25. The Morgan fingerprint density at radius 3 is 2.41 bits per heavy atom. The fourth-order valence-corrected chi connectivity index (χ4v) is 1.56. The number of carbonyl (C=O) groups excluding carboxylic acids is 1. The normalized spacial score (nSPS) is 12.3. The van der Waals surface area contributed by atoms with Crippen LogP contribution in [0.2, 0.25) is 0 Å². The highest BCUT2D eigenvalue weighted by Gasteiger charge is 2.20. The van der Waals surface area contributed by atoms with Gasteiger partial charge in [-0.05, 0) is 12.8 Å². The summed E-state index contributed by atoms with van der Waals surface area (Å²) in [5, 5.41) is 6.02. The summed E-state index contributed by atoms with van der Waals surface area (Å²) >= 11 is 0. The maximum absolute atomic E-state index is 11.3. The Bertz CT molecular complexity index is 405. The number of nitrogens with zero attached hydrogens (tertiary/aromatic N) is 2. The monoisotopic (exact) mass is 237 g/mol. The zero-order valence-corrected chi connectivity index (χ0v) is 10.6. The smallest absolute Gasteiger partial charge is 0.240 e. The molecule has 1 aromatic heterocycles. The van der Waals surface area contributed by atoms with E-state index in [9.17, 15) is 4.79 Å². The minimum atomic E-state index is -0.437. The third-order valence-electron chi connectivity index (χ3n) is 2.59. The van der Waals surface area contributed by atoms with Crippen molar-refractivity contribution in [2.45, 2.75) is 26.8 Å². The van der Waals surface area contributed by atoms with Crippen LogP contribution in [0, 0.1) is 12.8 Å². The standard InChI is InChI=1S/C11H19N5O/c1-6(2)8(9(12)17)16-11-7(3)10(13-4)14-5-15-11/h5-6,8H,1-4H3,(H2,12,17)(H2,13,14,15,16). The summed E-state index contributed by atoms with van der Waals surface area (Å²) in [6.07, 6.45) is 1.44. The number of primary amides is 1. The number of hydrogen-bond acceptors (Lipinski definition) is 5. The summed E-state index contributed by atoms with van der Waals surface area (Å²) in [6, 6.07) is -0.437. The third-order valence-corrected chi connectivity index (χ3v) is 2.59. The highest BCUT2D eigenvalue weighted by Crippen LogP contribution is 2.19. The van der Waals surface area contributed by atoms with Gasteiger partial charge >= 0.3 is 0 Å². The van der Waals surface area contributed by atoms with Gasteiger partial charge in [-0.25, -0.2) is 9.97 Å². The first-order valence-corrected chi connectivity index (χ1v) is 5.52. The van der Waals surface area contributed by atoms with E-state index in [1.165, 1.54) is 6.33 Å². The molecular formula is C11H19N5O. The van der Waals surface area contributed by atoms with Crippen molar-refractivity contribution in [3.8, 4) is 0 Å². The molecule has 4 N–H and O–H groups in total. The second kappa shape index (κ2) is 5.47. The van der Waals surface area contributed by atoms with Gasteiger partial charge in [-0.1, -0.05) is 13.8 Å². The molecule has 0 aliphatic heterocycles. The van der Waals surface area contributed by atoms with E-state index >= 15 is 0 Å². The number of rotatable bonds is 5. The van der Waals surface area contributed by atoms with Crippen molar-refractivity contribution in [2.75, 3.05) is 17.7 Å². The maximum Gasteiger partial charge on any atom is 0.240 e. The Balaban J connectivity index is 2.97. The van der Waals surface area contributed by atoms with Crippen molar-refractivity contribution in [3.63, 3.8) is 0 Å². The summed E-state index contributed by atoms with van der Waals surface area (Å²) < 4.78 is 0. The van der Waals surface area contributed by atoms with E-state index in [-0.39, 0.29) is 11.8 Å². The Morgan fingerprint density at radius 2 is 1.94 bits per heavy atom. The van der Waals surface area contributed by atoms with Gasteiger partial charge in [-0.15, -0.1) is 0 Å². The van der Waals surface area contributed by atoms with Gasteiger partial charge in [0.25, 0.3) is 0 Å². The number of aromatic nitrogens is 2. The zero-order chi connectivity index (χ0) is 13.0. The number of nitrogens with two attached hydrogens (primary N) is 1. The number of hydrogen-bond donors (Lipinski definition) is 3. The van der Waals surface area contributed by atoms with E-state index in [0.29, 0.717) is 5.82 Å². The van der Waals surface area contributed by atoms with Crippen LogP contribution < -0.4 is 16.4 Å². The fourth-order valence-electron chi connectivity index (χ4n) is 1.56. The number of amides is 1. The van der Waals surface area contributed by atoms with Crippen molar-refractivity contribution in [1.82, 2.24) is 9.97 Å². The lowest BCUT2D eigenvalue weighted by Gasteiger charge is -2.21. The predicted molar refractivity (Wildman–Crippen MR) is 67.8 cm³/mol. The Labute approximate surface area is 101 Å². The number of anilines is 2. The van der Waals surface area contributed by atoms with Gasteiger partial charge in [0.1, 0.15) is 24.0 Å². The summed E-state index contributed by atoms with van der Waals surface area (Å²) in [4.78, 5) is 19.5. The van der Waals surface area contributed by atoms with Crippen LogP contribution in [0.25, 0.3) is 0 Å². The summed E-state index contributed by atoms with van der Waals surface area (Å²) in [5.41, 5.74) is 6.21. The van der Waals surface area contributed by atoms with Crippen molar-refractivity contribution >= 4 is 17.5 Å². The van der Waals surface area contributed by atoms with Crippen LogP contribution in [0.15, 0.2) is 6.33 Å². The minimum absolute atomic E-state index is 0.0971. The average molecular weight is 237 g/mol. The highest BCUT2D eigenvalue weighted by molar-refractivity contribution is 5.83. The van der Waals surface area contributed by atoms with Crippen LogP contribution in [0.1, 0.15) is 19.4 Å². The summed E-state index contributed by atoms with van der Waals surface area (Å²) in [6.45, 7) is 5.74. The highest BCUT2D eigenvalue weighted by atomic mass is 16.1. The van der Waals surface area contributed by atoms with Gasteiger partial charge in [0.05, 0.1) is 0 Å². The molecule has 0 saturated carbocycles. The molecule has 1 atom stereocenters. The molecule has 1 amide bonds. The molecule has 94 valence electrons. The second-order valence-electron chi connectivity index (χ2n) is 4.21. The van der Waals surface area contributed by atoms with Gasteiger partial charge in [-0.2, -0.15) is 0 Å². The molecular weight excluding hydrogens is 218 g/mol. The summed E-state index contributed by atoms with van der Waals surface area (Å²) in [7, 11) is 1.78. The van der Waals surface area contributed by atoms with Crippen molar-refractivity contribution < 1.29 is 4.79 Å². The molecule has 0 aliphatic rings. The molecule has 0 aliphatic carbocycles. The lowest BCUT2D eigenvalue weighted by molar-refractivity contribution is -0.119. The molecule has 6 heteroatoms. The van der Waals surface area contributed by atoms with Gasteiger partial charge in [-0.3, -0.25) is 4.79 Å². The molecule has 0 saturated heterocycles. The first-order chi connectivity index (χ1) is 7.97. The van der Waals surface area contributed by atoms with E-state index in [1.54, 1.807) is 7.05 Å². The zero-order valence-electron chi connectivity index (χ0n) is 10.6. The van der Waals surface area contributed by atoms with E-state index in [2.05, 4.69) is 20.6 Å². The van der Waals surface area contributed by atoms with Crippen molar-refractivity contribution in [2.24, 2.45) is 11.7 Å². The second-order valence-corrected chi connectivity index (χ2v) is 4.21. The lowest BCUT2D eigenvalue weighted by atomic mass is 10.0. The first kappa shape index (κ1) is 13.2. The molecule has 0 bridgehead atoms.